The van der Waals surface area contributed by atoms with Gasteiger partial charge in [0.05, 0.1) is 0 Å². The molecule has 0 spiro atoms. The molecular weight excluding hydrogens is 328 g/mol. The lowest BCUT2D eigenvalue weighted by molar-refractivity contribution is -0.113. The van der Waals surface area contributed by atoms with Gasteiger partial charge in [-0.2, -0.15) is 0 Å². The molecule has 0 aliphatic carbocycles. The fourth-order valence-corrected chi connectivity index (χ4v) is 2.92. The van der Waals surface area contributed by atoms with Crippen molar-refractivity contribution < 1.29 is 9.63 Å². The Morgan fingerprint density at radius 2 is 1.85 bits per heavy atom. The van der Waals surface area contributed by atoms with Crippen LogP contribution in [0.25, 0.3) is 11.1 Å². The van der Waals surface area contributed by atoms with Crippen molar-refractivity contribution in [3.63, 3.8) is 0 Å². The SMILES string of the molecule is CN(C)C(=O)c1cccc(-c2cccc(C3(C)CON(C)C(N)=N3)c2)c1. The minimum atomic E-state index is -0.552. The Hall–Kier alpha value is -2.86. The summed E-state index contributed by atoms with van der Waals surface area (Å²) in [5.41, 5.74) is 9.05. The minimum absolute atomic E-state index is 0.0175. The fourth-order valence-electron chi connectivity index (χ4n) is 2.92. The third-order valence-electron chi connectivity index (χ3n) is 4.56. The maximum Gasteiger partial charge on any atom is 0.253 e. The van der Waals surface area contributed by atoms with E-state index in [0.717, 1.165) is 16.7 Å². The average Bonchev–Trinajstić information content (AvgIpc) is 2.64. The van der Waals surface area contributed by atoms with Crippen LogP contribution in [-0.2, 0) is 10.4 Å². The summed E-state index contributed by atoms with van der Waals surface area (Å²) in [6.07, 6.45) is 0. The van der Waals surface area contributed by atoms with Gasteiger partial charge in [0.2, 0.25) is 5.96 Å². The van der Waals surface area contributed by atoms with Crippen LogP contribution in [0.1, 0.15) is 22.8 Å². The molecule has 1 aliphatic rings. The van der Waals surface area contributed by atoms with Crippen LogP contribution in [0, 0.1) is 0 Å². The summed E-state index contributed by atoms with van der Waals surface area (Å²) in [6.45, 7) is 2.41. The number of carbonyl (C=O) groups is 1. The molecule has 1 heterocycles. The van der Waals surface area contributed by atoms with Gasteiger partial charge in [0.1, 0.15) is 12.1 Å². The molecule has 3 rings (SSSR count). The van der Waals surface area contributed by atoms with Gasteiger partial charge in [0.15, 0.2) is 0 Å². The lowest BCUT2D eigenvalue weighted by Crippen LogP contribution is -2.45. The summed E-state index contributed by atoms with van der Waals surface area (Å²) in [5, 5.41) is 1.47. The Balaban J connectivity index is 1.98. The Bertz CT molecular complexity index is 862. The number of rotatable bonds is 3. The van der Waals surface area contributed by atoms with Gasteiger partial charge in [-0.15, -0.1) is 0 Å². The largest absolute Gasteiger partial charge is 0.368 e. The molecule has 2 N–H and O–H groups in total. The normalized spacial score (nSPS) is 19.8. The first-order chi connectivity index (χ1) is 12.3. The predicted molar refractivity (Wildman–Crippen MR) is 103 cm³/mol. The molecule has 1 aliphatic heterocycles. The summed E-state index contributed by atoms with van der Waals surface area (Å²) in [7, 11) is 5.24. The van der Waals surface area contributed by atoms with E-state index >= 15 is 0 Å². The smallest absolute Gasteiger partial charge is 0.253 e. The molecule has 2 aromatic carbocycles. The van der Waals surface area contributed by atoms with Gasteiger partial charge in [-0.3, -0.25) is 9.63 Å². The zero-order valence-electron chi connectivity index (χ0n) is 15.6. The van der Waals surface area contributed by atoms with Crippen LogP contribution >= 0.6 is 0 Å². The lowest BCUT2D eigenvalue weighted by Gasteiger charge is -2.34. The molecular formula is C20H24N4O2. The number of guanidine groups is 1. The van der Waals surface area contributed by atoms with E-state index in [0.29, 0.717) is 18.1 Å². The van der Waals surface area contributed by atoms with Crippen molar-refractivity contribution in [2.24, 2.45) is 10.7 Å². The summed E-state index contributed by atoms with van der Waals surface area (Å²) < 4.78 is 0. The second-order valence-electron chi connectivity index (χ2n) is 6.88. The molecule has 0 saturated heterocycles. The van der Waals surface area contributed by atoms with Crippen LogP contribution in [0.5, 0.6) is 0 Å². The number of amides is 1. The van der Waals surface area contributed by atoms with Gasteiger partial charge in [-0.05, 0) is 41.8 Å². The molecule has 1 atom stereocenters. The number of nitrogens with two attached hydrogens (primary N) is 1. The molecule has 0 bridgehead atoms. The van der Waals surface area contributed by atoms with Gasteiger partial charge >= 0.3 is 0 Å². The Morgan fingerprint density at radius 3 is 2.50 bits per heavy atom. The van der Waals surface area contributed by atoms with Crippen LogP contribution < -0.4 is 5.73 Å². The van der Waals surface area contributed by atoms with Crippen molar-refractivity contribution in [2.75, 3.05) is 27.7 Å². The van der Waals surface area contributed by atoms with Crippen LogP contribution in [0.2, 0.25) is 0 Å². The number of hydrogen-bond acceptors (Lipinski definition) is 5. The van der Waals surface area contributed by atoms with E-state index in [1.165, 1.54) is 5.06 Å². The van der Waals surface area contributed by atoms with E-state index in [1.807, 2.05) is 49.4 Å². The number of benzene rings is 2. The second-order valence-corrected chi connectivity index (χ2v) is 6.88. The first-order valence-electron chi connectivity index (χ1n) is 8.45. The average molecular weight is 352 g/mol. The van der Waals surface area contributed by atoms with Gasteiger partial charge < -0.3 is 10.6 Å². The zero-order chi connectivity index (χ0) is 18.9. The van der Waals surface area contributed by atoms with E-state index < -0.39 is 5.54 Å². The number of nitrogens with zero attached hydrogens (tertiary/aromatic N) is 3. The Morgan fingerprint density at radius 1 is 1.19 bits per heavy atom. The predicted octanol–water partition coefficient (Wildman–Crippen LogP) is 2.46. The fraction of sp³-hybridized carbons (Fsp3) is 0.300. The third kappa shape index (κ3) is 3.41. The molecule has 136 valence electrons. The number of hydrogen-bond donors (Lipinski definition) is 1. The van der Waals surface area contributed by atoms with E-state index in [9.17, 15) is 4.79 Å². The molecule has 26 heavy (non-hydrogen) atoms. The van der Waals surface area contributed by atoms with Crippen molar-refractivity contribution in [2.45, 2.75) is 12.5 Å². The summed E-state index contributed by atoms with van der Waals surface area (Å²) in [5.74, 6) is 0.332. The third-order valence-corrected chi connectivity index (χ3v) is 4.56. The molecule has 2 aromatic rings. The van der Waals surface area contributed by atoms with Crippen molar-refractivity contribution in [1.82, 2.24) is 9.96 Å². The first kappa shape index (κ1) is 17.9. The highest BCUT2D eigenvalue weighted by Gasteiger charge is 2.32. The zero-order valence-corrected chi connectivity index (χ0v) is 15.6. The number of aliphatic imine (C=N–C) groups is 1. The van der Waals surface area contributed by atoms with E-state index in [4.69, 9.17) is 10.6 Å². The van der Waals surface area contributed by atoms with Gasteiger partial charge in [-0.1, -0.05) is 30.3 Å². The molecule has 0 radical (unpaired) electrons. The molecule has 1 unspecified atom stereocenters. The Kier molecular flexibility index (Phi) is 4.70. The van der Waals surface area contributed by atoms with Crippen molar-refractivity contribution in [3.8, 4) is 11.1 Å². The highest BCUT2D eigenvalue weighted by Crippen LogP contribution is 2.32. The van der Waals surface area contributed by atoms with Crippen LogP contribution in [-0.4, -0.2) is 49.6 Å². The second kappa shape index (κ2) is 6.80. The molecule has 1 amide bonds. The Labute approximate surface area is 153 Å². The monoisotopic (exact) mass is 352 g/mol. The maximum atomic E-state index is 12.2. The topological polar surface area (TPSA) is 71.2 Å². The lowest BCUT2D eigenvalue weighted by atomic mass is 9.90. The van der Waals surface area contributed by atoms with Crippen LogP contribution in [0.3, 0.4) is 0 Å². The molecule has 6 heteroatoms. The first-order valence-corrected chi connectivity index (χ1v) is 8.45. The van der Waals surface area contributed by atoms with Crippen molar-refractivity contribution in [1.29, 1.82) is 0 Å². The van der Waals surface area contributed by atoms with Gasteiger partial charge in [-0.25, -0.2) is 10.1 Å². The quantitative estimate of drug-likeness (QED) is 0.921. The molecule has 0 fully saturated rings. The summed E-state index contributed by atoms with van der Waals surface area (Å²) >= 11 is 0. The minimum Gasteiger partial charge on any atom is -0.368 e. The van der Waals surface area contributed by atoms with Crippen molar-refractivity contribution in [3.05, 3.63) is 59.7 Å². The summed E-state index contributed by atoms with van der Waals surface area (Å²) in [4.78, 5) is 24.0. The number of carbonyl (C=O) groups excluding carboxylic acids is 1. The number of hydroxylamine groups is 2. The van der Waals surface area contributed by atoms with Gasteiger partial charge in [0, 0.05) is 26.7 Å². The summed E-state index contributed by atoms with van der Waals surface area (Å²) in [6, 6.07) is 15.7. The molecule has 0 aromatic heterocycles. The van der Waals surface area contributed by atoms with E-state index in [-0.39, 0.29) is 5.91 Å². The van der Waals surface area contributed by atoms with E-state index in [1.54, 1.807) is 26.0 Å². The highest BCUT2D eigenvalue weighted by molar-refractivity contribution is 5.95. The van der Waals surface area contributed by atoms with Crippen molar-refractivity contribution >= 4 is 11.9 Å². The van der Waals surface area contributed by atoms with Crippen LogP contribution in [0.15, 0.2) is 53.5 Å². The van der Waals surface area contributed by atoms with Crippen LogP contribution in [0.4, 0.5) is 0 Å². The molecule has 6 nitrogen and oxygen atoms in total. The van der Waals surface area contributed by atoms with Gasteiger partial charge in [0.25, 0.3) is 5.91 Å². The standard InChI is InChI=1S/C20H24N4O2/c1-20(13-26-24(4)19(21)22-20)17-10-6-8-15(12-17)14-7-5-9-16(11-14)18(25)23(2)3/h5-12H,13H2,1-4H3,(H2,21,22). The van der Waals surface area contributed by atoms with E-state index in [2.05, 4.69) is 11.1 Å². The molecule has 0 saturated carbocycles. The highest BCUT2D eigenvalue weighted by atomic mass is 16.7. The maximum absolute atomic E-state index is 12.2.